The molecule has 0 aliphatic carbocycles. The van der Waals surface area contributed by atoms with Gasteiger partial charge in [-0.1, -0.05) is 49.4 Å². The van der Waals surface area contributed by atoms with Crippen LogP contribution in [0.4, 0.5) is 0 Å². The molecule has 0 fully saturated rings. The average Bonchev–Trinajstić information content (AvgIpc) is 2.27. The van der Waals surface area contributed by atoms with Crippen molar-refractivity contribution in [1.82, 2.24) is 0 Å². The smallest absolute Gasteiger partial charge is 0.00107 e. The number of benzene rings is 2. The Morgan fingerprint density at radius 3 is 2.47 bits per heavy atom. The lowest BCUT2D eigenvalue weighted by molar-refractivity contribution is 0.781. The second-order valence-corrected chi connectivity index (χ2v) is 3.71. The Balaban J connectivity index is 0.00000112. The van der Waals surface area contributed by atoms with Gasteiger partial charge in [0.15, 0.2) is 0 Å². The van der Waals surface area contributed by atoms with Gasteiger partial charge < -0.3 is 5.73 Å². The van der Waals surface area contributed by atoms with Gasteiger partial charge in [-0.05, 0) is 28.8 Å². The summed E-state index contributed by atoms with van der Waals surface area (Å²) in [6.07, 6.45) is 0. The largest absolute Gasteiger partial charge is 0.330 e. The van der Waals surface area contributed by atoms with Crippen molar-refractivity contribution < 1.29 is 0 Å². The van der Waals surface area contributed by atoms with E-state index in [2.05, 4.69) is 49.4 Å². The summed E-state index contributed by atoms with van der Waals surface area (Å²) in [5, 5.41) is 2.62. The number of halogens is 1. The molecule has 0 amide bonds. The van der Waals surface area contributed by atoms with Gasteiger partial charge in [0.25, 0.3) is 0 Å². The quantitative estimate of drug-likeness (QED) is 0.827. The molecule has 0 saturated heterocycles. The summed E-state index contributed by atoms with van der Waals surface area (Å²) < 4.78 is 0. The molecule has 0 heterocycles. The molecule has 0 radical (unpaired) electrons. The minimum absolute atomic E-state index is 0. The van der Waals surface area contributed by atoms with Crippen molar-refractivity contribution in [3.05, 3.63) is 48.0 Å². The Morgan fingerprint density at radius 1 is 1.07 bits per heavy atom. The molecule has 0 saturated carbocycles. The van der Waals surface area contributed by atoms with E-state index in [4.69, 9.17) is 5.73 Å². The van der Waals surface area contributed by atoms with E-state index in [0.29, 0.717) is 12.5 Å². The highest BCUT2D eigenvalue weighted by molar-refractivity contribution is 5.86. The molecule has 0 aliphatic heterocycles. The Hall–Kier alpha value is -1.05. The number of hydrogen-bond acceptors (Lipinski definition) is 1. The van der Waals surface area contributed by atoms with Gasteiger partial charge in [0, 0.05) is 0 Å². The van der Waals surface area contributed by atoms with E-state index in [-0.39, 0.29) is 12.4 Å². The van der Waals surface area contributed by atoms with Gasteiger partial charge in [0.05, 0.1) is 0 Å². The van der Waals surface area contributed by atoms with E-state index < -0.39 is 0 Å². The van der Waals surface area contributed by atoms with Crippen LogP contribution in [0.2, 0.25) is 0 Å². The summed E-state index contributed by atoms with van der Waals surface area (Å²) in [5.41, 5.74) is 7.05. The van der Waals surface area contributed by atoms with E-state index in [0.717, 1.165) is 0 Å². The van der Waals surface area contributed by atoms with Crippen molar-refractivity contribution >= 4 is 23.2 Å². The first-order chi connectivity index (χ1) is 6.83. The second-order valence-electron chi connectivity index (χ2n) is 3.71. The van der Waals surface area contributed by atoms with Crippen LogP contribution in [-0.4, -0.2) is 6.54 Å². The van der Waals surface area contributed by atoms with Crippen LogP contribution in [0.25, 0.3) is 10.8 Å². The van der Waals surface area contributed by atoms with Crippen molar-refractivity contribution in [2.45, 2.75) is 12.8 Å². The number of rotatable bonds is 2. The van der Waals surface area contributed by atoms with E-state index in [9.17, 15) is 0 Å². The number of hydrogen-bond donors (Lipinski definition) is 1. The number of nitrogens with two attached hydrogens (primary N) is 1. The Labute approximate surface area is 96.7 Å². The van der Waals surface area contributed by atoms with Gasteiger partial charge in [0.2, 0.25) is 0 Å². The van der Waals surface area contributed by atoms with Crippen LogP contribution in [0.1, 0.15) is 18.4 Å². The maximum atomic E-state index is 5.70. The van der Waals surface area contributed by atoms with Crippen LogP contribution in [0.5, 0.6) is 0 Å². The molecule has 2 aromatic carbocycles. The Kier molecular flexibility index (Phi) is 4.13. The lowest BCUT2D eigenvalue weighted by atomic mass is 9.95. The molecule has 80 valence electrons. The SMILES string of the molecule is CC(CN)c1cccc2ccccc12.Cl. The minimum Gasteiger partial charge on any atom is -0.330 e. The predicted molar refractivity (Wildman–Crippen MR) is 68.7 cm³/mol. The van der Waals surface area contributed by atoms with E-state index in [1.165, 1.54) is 16.3 Å². The van der Waals surface area contributed by atoms with Gasteiger partial charge in [-0.3, -0.25) is 0 Å². The van der Waals surface area contributed by atoms with Crippen molar-refractivity contribution in [1.29, 1.82) is 0 Å². The summed E-state index contributed by atoms with van der Waals surface area (Å²) in [7, 11) is 0. The molecule has 2 N–H and O–H groups in total. The average molecular weight is 222 g/mol. The van der Waals surface area contributed by atoms with Crippen LogP contribution >= 0.6 is 12.4 Å². The van der Waals surface area contributed by atoms with Crippen LogP contribution in [0.3, 0.4) is 0 Å². The molecule has 1 unspecified atom stereocenters. The van der Waals surface area contributed by atoms with Gasteiger partial charge in [-0.15, -0.1) is 12.4 Å². The predicted octanol–water partition coefficient (Wildman–Crippen LogP) is 3.32. The first kappa shape index (κ1) is 12.0. The van der Waals surface area contributed by atoms with Crippen molar-refractivity contribution in [3.63, 3.8) is 0 Å². The topological polar surface area (TPSA) is 26.0 Å². The molecule has 0 spiro atoms. The fourth-order valence-electron chi connectivity index (χ4n) is 1.81. The lowest BCUT2D eigenvalue weighted by Gasteiger charge is -2.11. The molecule has 2 heteroatoms. The zero-order chi connectivity index (χ0) is 9.97. The summed E-state index contributed by atoms with van der Waals surface area (Å²) in [6.45, 7) is 2.87. The highest BCUT2D eigenvalue weighted by atomic mass is 35.5. The normalized spacial score (nSPS) is 12.1. The first-order valence-electron chi connectivity index (χ1n) is 5.00. The van der Waals surface area contributed by atoms with Crippen LogP contribution < -0.4 is 5.73 Å². The molecule has 2 rings (SSSR count). The third-order valence-corrected chi connectivity index (χ3v) is 2.71. The third kappa shape index (κ3) is 2.31. The van der Waals surface area contributed by atoms with Crippen molar-refractivity contribution in [3.8, 4) is 0 Å². The van der Waals surface area contributed by atoms with E-state index in [1.807, 2.05) is 0 Å². The fourth-order valence-corrected chi connectivity index (χ4v) is 1.81. The summed E-state index contributed by atoms with van der Waals surface area (Å²) in [6, 6.07) is 14.9. The summed E-state index contributed by atoms with van der Waals surface area (Å²) in [5.74, 6) is 0.432. The standard InChI is InChI=1S/C13H15N.ClH/c1-10(9-14)12-8-4-6-11-5-2-3-7-13(11)12;/h2-8,10H,9,14H2,1H3;1H. The molecule has 1 nitrogen and oxygen atoms in total. The van der Waals surface area contributed by atoms with E-state index in [1.54, 1.807) is 0 Å². The highest BCUT2D eigenvalue weighted by Crippen LogP contribution is 2.24. The van der Waals surface area contributed by atoms with Crippen molar-refractivity contribution in [2.75, 3.05) is 6.54 Å². The summed E-state index contributed by atoms with van der Waals surface area (Å²) in [4.78, 5) is 0. The molecule has 15 heavy (non-hydrogen) atoms. The van der Waals surface area contributed by atoms with Crippen molar-refractivity contribution in [2.24, 2.45) is 5.73 Å². The zero-order valence-electron chi connectivity index (χ0n) is 8.81. The summed E-state index contributed by atoms with van der Waals surface area (Å²) >= 11 is 0. The highest BCUT2D eigenvalue weighted by Gasteiger charge is 2.06. The van der Waals surface area contributed by atoms with Crippen LogP contribution in [0.15, 0.2) is 42.5 Å². The zero-order valence-corrected chi connectivity index (χ0v) is 9.63. The number of fused-ring (bicyclic) bond motifs is 1. The maximum absolute atomic E-state index is 5.70. The van der Waals surface area contributed by atoms with Gasteiger partial charge in [-0.25, -0.2) is 0 Å². The van der Waals surface area contributed by atoms with Crippen LogP contribution in [0, 0.1) is 0 Å². The molecule has 2 aromatic rings. The molecular weight excluding hydrogens is 206 g/mol. The van der Waals surface area contributed by atoms with Gasteiger partial charge in [-0.2, -0.15) is 0 Å². The van der Waals surface area contributed by atoms with E-state index >= 15 is 0 Å². The Morgan fingerprint density at radius 2 is 1.73 bits per heavy atom. The Bertz CT molecular complexity index is 434. The van der Waals surface area contributed by atoms with Gasteiger partial charge >= 0.3 is 0 Å². The van der Waals surface area contributed by atoms with Gasteiger partial charge in [0.1, 0.15) is 0 Å². The molecule has 0 bridgehead atoms. The molecule has 1 atom stereocenters. The monoisotopic (exact) mass is 221 g/mol. The van der Waals surface area contributed by atoms with Crippen LogP contribution in [-0.2, 0) is 0 Å². The first-order valence-corrected chi connectivity index (χ1v) is 5.00. The molecule has 0 aromatic heterocycles. The fraction of sp³-hybridized carbons (Fsp3) is 0.231. The molecular formula is C13H16ClN. The second kappa shape index (κ2) is 5.15. The lowest BCUT2D eigenvalue weighted by Crippen LogP contribution is -2.09. The molecule has 0 aliphatic rings. The minimum atomic E-state index is 0. The third-order valence-electron chi connectivity index (χ3n) is 2.71. The maximum Gasteiger partial charge on any atom is -0.00107 e.